The van der Waals surface area contributed by atoms with E-state index in [0.717, 1.165) is 25.9 Å². The van der Waals surface area contributed by atoms with Crippen LogP contribution in [0.25, 0.3) is 0 Å². The fraction of sp³-hybridized carbons (Fsp3) is 0.667. The van der Waals surface area contributed by atoms with Crippen LogP contribution in [0.3, 0.4) is 0 Å². The quantitative estimate of drug-likeness (QED) is 0.407. The highest BCUT2D eigenvalue weighted by Gasteiger charge is 2.53. The van der Waals surface area contributed by atoms with Gasteiger partial charge in [0.2, 0.25) is 5.75 Å². The van der Waals surface area contributed by atoms with Crippen LogP contribution >= 0.6 is 0 Å². The Morgan fingerprint density at radius 3 is 2.58 bits per heavy atom. The number of aromatic hydroxyl groups is 2. The summed E-state index contributed by atoms with van der Waals surface area (Å²) in [5.41, 5.74) is 0.211. The number of piperidine rings is 1. The van der Waals surface area contributed by atoms with Crippen LogP contribution in [0.15, 0.2) is 0 Å². The van der Waals surface area contributed by atoms with Gasteiger partial charge >= 0.3 is 5.97 Å². The molecule has 1 aromatic rings. The summed E-state index contributed by atoms with van der Waals surface area (Å²) in [4.78, 5) is 15.1. The molecule has 0 spiro atoms. The minimum atomic E-state index is -1.53. The van der Waals surface area contributed by atoms with Gasteiger partial charge in [0.05, 0.1) is 19.3 Å². The maximum absolute atomic E-state index is 13.0. The smallest absolute Gasteiger partial charge is 0.339 e. The van der Waals surface area contributed by atoms with E-state index in [1.165, 1.54) is 7.11 Å². The number of hydrogen-bond acceptors (Lipinski definition) is 10. The molecule has 6 atom stereocenters. The molecule has 1 aromatic carbocycles. The van der Waals surface area contributed by atoms with Gasteiger partial charge in [-0.1, -0.05) is 6.92 Å². The molecule has 2 fully saturated rings. The standard InChI is InChI=1S/C21H29NO9/c1-9-4-3-5-22(6-9)7-10-12-13(16(26)19(29-2)14(10)24)18-20(31-21(12)28)17(27)15(25)11(8-23)30-18/h9,11,15,17-18,20,23-27H,3-8H2,1-2H3/t9-,11+,15+,17-,18+,20+/m0/s1. The number of fused-ring (bicyclic) bond motifs is 3. The topological polar surface area (TPSA) is 149 Å². The van der Waals surface area contributed by atoms with E-state index in [1.54, 1.807) is 0 Å². The van der Waals surface area contributed by atoms with Gasteiger partial charge in [0, 0.05) is 24.2 Å². The highest BCUT2D eigenvalue weighted by Crippen LogP contribution is 2.52. The van der Waals surface area contributed by atoms with E-state index in [4.69, 9.17) is 14.2 Å². The maximum Gasteiger partial charge on any atom is 0.339 e. The number of methoxy groups -OCH3 is 1. The number of aliphatic hydroxyl groups excluding tert-OH is 3. The van der Waals surface area contributed by atoms with Crippen LogP contribution in [0.5, 0.6) is 17.2 Å². The van der Waals surface area contributed by atoms with Crippen molar-refractivity contribution in [2.75, 3.05) is 26.8 Å². The number of carbonyl (C=O) groups excluding carboxylic acids is 1. The average molecular weight is 439 g/mol. The van der Waals surface area contributed by atoms with Crippen molar-refractivity contribution in [2.45, 2.75) is 56.8 Å². The first-order chi connectivity index (χ1) is 14.8. The summed E-state index contributed by atoms with van der Waals surface area (Å²) in [5.74, 6) is -1.45. The normalized spacial score (nSPS) is 33.4. The molecular formula is C21H29NO9. The van der Waals surface area contributed by atoms with Crippen LogP contribution in [0, 0.1) is 5.92 Å². The van der Waals surface area contributed by atoms with Gasteiger partial charge < -0.3 is 39.7 Å². The number of hydrogen-bond donors (Lipinski definition) is 5. The Morgan fingerprint density at radius 1 is 1.19 bits per heavy atom. The van der Waals surface area contributed by atoms with Crippen molar-refractivity contribution in [3.63, 3.8) is 0 Å². The molecule has 4 rings (SSSR count). The lowest BCUT2D eigenvalue weighted by molar-refractivity contribution is -0.235. The van der Waals surface area contributed by atoms with Gasteiger partial charge in [-0.05, 0) is 25.3 Å². The van der Waals surface area contributed by atoms with Crippen molar-refractivity contribution in [3.05, 3.63) is 16.7 Å². The Morgan fingerprint density at radius 2 is 1.94 bits per heavy atom. The molecule has 3 heterocycles. The number of aliphatic hydroxyl groups is 3. The second kappa shape index (κ2) is 8.44. The Bertz CT molecular complexity index is 860. The number of ether oxygens (including phenoxy) is 3. The van der Waals surface area contributed by atoms with Crippen molar-refractivity contribution in [1.29, 1.82) is 0 Å². The number of nitrogens with zero attached hydrogens (tertiary/aromatic N) is 1. The first-order valence-corrected chi connectivity index (χ1v) is 10.5. The van der Waals surface area contributed by atoms with Crippen LogP contribution in [0.2, 0.25) is 0 Å². The number of rotatable bonds is 4. The minimum Gasteiger partial charge on any atom is -0.504 e. The van der Waals surface area contributed by atoms with E-state index >= 15 is 0 Å². The molecular weight excluding hydrogens is 410 g/mol. The number of phenols is 2. The van der Waals surface area contributed by atoms with Gasteiger partial charge in [-0.15, -0.1) is 0 Å². The summed E-state index contributed by atoms with van der Waals surface area (Å²) in [5, 5.41) is 51.9. The number of benzene rings is 1. The SMILES string of the molecule is COc1c(O)c(CN2CCC[C@H](C)C2)c2c(c1O)[C@H]1O[C@H](CO)[C@@H](O)[C@H](O)[C@H]1OC2=O. The number of esters is 1. The number of carbonyl (C=O) groups is 1. The first-order valence-electron chi connectivity index (χ1n) is 10.5. The summed E-state index contributed by atoms with van der Waals surface area (Å²) in [6.07, 6.45) is -4.51. The third kappa shape index (κ3) is 3.62. The van der Waals surface area contributed by atoms with E-state index in [-0.39, 0.29) is 34.7 Å². The van der Waals surface area contributed by atoms with E-state index in [9.17, 15) is 30.3 Å². The molecule has 0 radical (unpaired) electrons. The summed E-state index contributed by atoms with van der Waals surface area (Å²) in [6.45, 7) is 3.36. The molecule has 31 heavy (non-hydrogen) atoms. The summed E-state index contributed by atoms with van der Waals surface area (Å²) in [6, 6.07) is 0. The van der Waals surface area contributed by atoms with E-state index in [0.29, 0.717) is 5.92 Å². The first kappa shape index (κ1) is 22.1. The zero-order valence-electron chi connectivity index (χ0n) is 17.5. The second-order valence-corrected chi connectivity index (χ2v) is 8.61. The second-order valence-electron chi connectivity index (χ2n) is 8.61. The molecule has 0 aromatic heterocycles. The highest BCUT2D eigenvalue weighted by atomic mass is 16.6. The Labute approximate surface area is 179 Å². The average Bonchev–Trinajstić information content (AvgIpc) is 2.74. The van der Waals surface area contributed by atoms with Crippen molar-refractivity contribution >= 4 is 5.97 Å². The lowest BCUT2D eigenvalue weighted by atomic mass is 9.84. The molecule has 5 N–H and O–H groups in total. The zero-order chi connectivity index (χ0) is 22.4. The largest absolute Gasteiger partial charge is 0.504 e. The maximum atomic E-state index is 13.0. The summed E-state index contributed by atoms with van der Waals surface area (Å²) in [7, 11) is 1.28. The fourth-order valence-corrected chi connectivity index (χ4v) is 4.92. The van der Waals surface area contributed by atoms with Gasteiger partial charge in [-0.25, -0.2) is 4.79 Å². The minimum absolute atomic E-state index is 0.0142. The molecule has 3 aliphatic heterocycles. The van der Waals surface area contributed by atoms with Gasteiger partial charge in [0.25, 0.3) is 0 Å². The zero-order valence-corrected chi connectivity index (χ0v) is 17.5. The lowest BCUT2D eigenvalue weighted by Crippen LogP contribution is -2.58. The van der Waals surface area contributed by atoms with E-state index < -0.39 is 48.8 Å². The monoisotopic (exact) mass is 439 g/mol. The Balaban J connectivity index is 1.84. The van der Waals surface area contributed by atoms with E-state index in [2.05, 4.69) is 11.8 Å². The summed E-state index contributed by atoms with van der Waals surface area (Å²) >= 11 is 0. The number of likely N-dealkylation sites (tertiary alicyclic amines) is 1. The lowest BCUT2D eigenvalue weighted by Gasteiger charge is -2.45. The molecule has 0 aliphatic carbocycles. The molecule has 0 saturated carbocycles. The molecule has 0 bridgehead atoms. The van der Waals surface area contributed by atoms with Crippen LogP contribution < -0.4 is 4.74 Å². The van der Waals surface area contributed by atoms with Gasteiger partial charge in [0.15, 0.2) is 17.6 Å². The van der Waals surface area contributed by atoms with Gasteiger partial charge in [0.1, 0.15) is 24.4 Å². The highest BCUT2D eigenvalue weighted by molar-refractivity contribution is 5.97. The van der Waals surface area contributed by atoms with Crippen LogP contribution in [-0.2, 0) is 16.0 Å². The molecule has 0 amide bonds. The molecule has 172 valence electrons. The van der Waals surface area contributed by atoms with Gasteiger partial charge in [-0.2, -0.15) is 0 Å². The van der Waals surface area contributed by atoms with Crippen molar-refractivity contribution < 1.29 is 44.5 Å². The van der Waals surface area contributed by atoms with E-state index in [1.807, 2.05) is 0 Å². The predicted molar refractivity (Wildman–Crippen MR) is 106 cm³/mol. The van der Waals surface area contributed by atoms with Crippen LogP contribution in [0.1, 0.15) is 47.4 Å². The molecule has 10 nitrogen and oxygen atoms in total. The van der Waals surface area contributed by atoms with Crippen molar-refractivity contribution in [1.82, 2.24) is 4.90 Å². The van der Waals surface area contributed by atoms with Crippen molar-refractivity contribution in [3.8, 4) is 17.2 Å². The fourth-order valence-electron chi connectivity index (χ4n) is 4.92. The molecule has 10 heteroatoms. The van der Waals surface area contributed by atoms with Gasteiger partial charge in [-0.3, -0.25) is 4.90 Å². The molecule has 3 aliphatic rings. The Kier molecular flexibility index (Phi) is 6.01. The predicted octanol–water partition coefficient (Wildman–Crippen LogP) is 0.0313. The number of phenolic OH excluding ortho intramolecular Hbond substituents is 2. The molecule has 2 saturated heterocycles. The third-order valence-corrected chi connectivity index (χ3v) is 6.47. The third-order valence-electron chi connectivity index (χ3n) is 6.47. The molecule has 0 unspecified atom stereocenters. The summed E-state index contributed by atoms with van der Waals surface area (Å²) < 4.78 is 16.3. The Hall–Kier alpha value is -2.11. The van der Waals surface area contributed by atoms with Crippen molar-refractivity contribution in [2.24, 2.45) is 5.92 Å². The van der Waals surface area contributed by atoms with Crippen LogP contribution in [-0.4, -0.2) is 87.6 Å². The van der Waals surface area contributed by atoms with Crippen LogP contribution in [0.4, 0.5) is 0 Å².